The van der Waals surface area contributed by atoms with E-state index >= 15 is 0 Å². The first-order valence-electron chi connectivity index (χ1n) is 7.90. The monoisotopic (exact) mass is 332 g/mol. The molecule has 0 saturated heterocycles. The number of halogens is 1. The average Bonchev–Trinajstić information content (AvgIpc) is 2.59. The van der Waals surface area contributed by atoms with Gasteiger partial charge in [0, 0.05) is 20.1 Å². The number of nitrogens with one attached hydrogen (secondary N) is 1. The molecule has 23 heavy (non-hydrogen) atoms. The zero-order valence-corrected chi connectivity index (χ0v) is 14.2. The minimum atomic E-state index is 0.451. The maximum Gasteiger partial charge on any atom is 0.157 e. The third kappa shape index (κ3) is 3.34. The molecule has 1 aromatic heterocycles. The Hall–Kier alpha value is -2.01. The Bertz CT molecular complexity index is 692. The van der Waals surface area contributed by atoms with Crippen LogP contribution < -0.4 is 15.0 Å². The van der Waals surface area contributed by atoms with E-state index in [-0.39, 0.29) is 0 Å². The van der Waals surface area contributed by atoms with Gasteiger partial charge in [0.15, 0.2) is 11.0 Å². The van der Waals surface area contributed by atoms with Gasteiger partial charge in [0.05, 0.1) is 6.61 Å². The Morgan fingerprint density at radius 1 is 1.30 bits per heavy atom. The fourth-order valence-electron chi connectivity index (χ4n) is 2.83. The summed E-state index contributed by atoms with van der Waals surface area (Å²) in [5.74, 6) is 1.81. The Balaban J connectivity index is 1.82. The molecule has 6 heteroatoms. The number of rotatable bonds is 5. The molecule has 2 heterocycles. The highest BCUT2D eigenvalue weighted by Gasteiger charge is 2.21. The number of ether oxygens (including phenoxy) is 1. The van der Waals surface area contributed by atoms with Gasteiger partial charge in [0.2, 0.25) is 0 Å². The van der Waals surface area contributed by atoms with Gasteiger partial charge in [-0.2, -0.15) is 0 Å². The van der Waals surface area contributed by atoms with Crippen molar-refractivity contribution in [2.75, 3.05) is 30.4 Å². The quantitative estimate of drug-likeness (QED) is 0.849. The van der Waals surface area contributed by atoms with Crippen molar-refractivity contribution in [3.05, 3.63) is 40.8 Å². The van der Waals surface area contributed by atoms with Crippen molar-refractivity contribution in [1.29, 1.82) is 0 Å². The summed E-state index contributed by atoms with van der Waals surface area (Å²) in [6, 6.07) is 6.35. The van der Waals surface area contributed by atoms with Crippen LogP contribution in [0.4, 0.5) is 11.5 Å². The van der Waals surface area contributed by atoms with Crippen LogP contribution in [0.5, 0.6) is 5.75 Å². The van der Waals surface area contributed by atoms with E-state index in [9.17, 15) is 0 Å². The molecule has 0 radical (unpaired) electrons. The lowest BCUT2D eigenvalue weighted by Gasteiger charge is -2.31. The van der Waals surface area contributed by atoms with Gasteiger partial charge in [-0.3, -0.25) is 0 Å². The standard InChI is InChI=1S/C17H21ClN4O/c1-3-8-23-14-5-4-13-10-22(7-6-12(13)9-14)17-15(19-2)16(18)20-11-21-17/h4-5,9,11,19H,3,6-8,10H2,1-2H3. The Morgan fingerprint density at radius 2 is 2.17 bits per heavy atom. The lowest BCUT2D eigenvalue weighted by Crippen LogP contribution is -2.31. The van der Waals surface area contributed by atoms with Crippen molar-refractivity contribution in [1.82, 2.24) is 9.97 Å². The van der Waals surface area contributed by atoms with Crippen LogP contribution in [0.3, 0.4) is 0 Å². The topological polar surface area (TPSA) is 50.3 Å². The Morgan fingerprint density at radius 3 is 2.96 bits per heavy atom. The molecule has 2 aromatic rings. The molecule has 0 fully saturated rings. The molecule has 1 aromatic carbocycles. The predicted molar refractivity (Wildman–Crippen MR) is 93.6 cm³/mol. The maximum absolute atomic E-state index is 6.16. The summed E-state index contributed by atoms with van der Waals surface area (Å²) in [5.41, 5.74) is 3.43. The summed E-state index contributed by atoms with van der Waals surface area (Å²) in [6.45, 7) is 4.58. The lowest BCUT2D eigenvalue weighted by atomic mass is 9.99. The van der Waals surface area contributed by atoms with E-state index in [1.165, 1.54) is 17.5 Å². The van der Waals surface area contributed by atoms with Crippen LogP contribution >= 0.6 is 11.6 Å². The number of nitrogens with zero attached hydrogens (tertiary/aromatic N) is 3. The summed E-state index contributed by atoms with van der Waals surface area (Å²) < 4.78 is 5.72. The second-order valence-corrected chi connectivity index (χ2v) is 5.92. The second-order valence-electron chi connectivity index (χ2n) is 5.56. The van der Waals surface area contributed by atoms with Crippen molar-refractivity contribution in [2.45, 2.75) is 26.3 Å². The number of hydrogen-bond acceptors (Lipinski definition) is 5. The molecule has 5 nitrogen and oxygen atoms in total. The minimum Gasteiger partial charge on any atom is -0.494 e. The van der Waals surface area contributed by atoms with Crippen LogP contribution in [0.2, 0.25) is 5.15 Å². The zero-order chi connectivity index (χ0) is 16.2. The highest BCUT2D eigenvalue weighted by atomic mass is 35.5. The number of anilines is 2. The van der Waals surface area contributed by atoms with Gasteiger partial charge in [-0.25, -0.2) is 9.97 Å². The molecule has 0 saturated carbocycles. The first-order valence-corrected chi connectivity index (χ1v) is 8.28. The number of fused-ring (bicyclic) bond motifs is 1. The van der Waals surface area contributed by atoms with Gasteiger partial charge >= 0.3 is 0 Å². The average molecular weight is 333 g/mol. The van der Waals surface area contributed by atoms with Crippen molar-refractivity contribution in [3.63, 3.8) is 0 Å². The molecular weight excluding hydrogens is 312 g/mol. The fourth-order valence-corrected chi connectivity index (χ4v) is 3.05. The third-order valence-corrected chi connectivity index (χ3v) is 4.28. The normalized spacial score (nSPS) is 13.6. The van der Waals surface area contributed by atoms with E-state index in [0.29, 0.717) is 5.15 Å². The van der Waals surface area contributed by atoms with Crippen molar-refractivity contribution in [3.8, 4) is 5.75 Å². The van der Waals surface area contributed by atoms with E-state index in [2.05, 4.69) is 39.2 Å². The summed E-state index contributed by atoms with van der Waals surface area (Å²) in [6.07, 6.45) is 3.49. The van der Waals surface area contributed by atoms with Crippen molar-refractivity contribution < 1.29 is 4.74 Å². The van der Waals surface area contributed by atoms with Crippen molar-refractivity contribution in [2.24, 2.45) is 0 Å². The van der Waals surface area contributed by atoms with Crippen LogP contribution in [0.15, 0.2) is 24.5 Å². The lowest BCUT2D eigenvalue weighted by molar-refractivity contribution is 0.317. The van der Waals surface area contributed by atoms with E-state index in [0.717, 1.165) is 49.8 Å². The van der Waals surface area contributed by atoms with Gasteiger partial charge in [-0.15, -0.1) is 0 Å². The van der Waals surface area contributed by atoms with Gasteiger partial charge in [0.25, 0.3) is 0 Å². The minimum absolute atomic E-state index is 0.451. The van der Waals surface area contributed by atoms with E-state index in [1.807, 2.05) is 13.1 Å². The molecule has 0 bridgehead atoms. The molecular formula is C17H21ClN4O. The predicted octanol–water partition coefficient (Wildman–Crippen LogP) is 3.52. The van der Waals surface area contributed by atoms with E-state index in [4.69, 9.17) is 16.3 Å². The summed E-state index contributed by atoms with van der Waals surface area (Å²) >= 11 is 6.16. The van der Waals surface area contributed by atoms with Crippen LogP contribution in [0.1, 0.15) is 24.5 Å². The summed E-state index contributed by atoms with van der Waals surface area (Å²) in [7, 11) is 1.84. The molecule has 0 aliphatic carbocycles. The highest BCUT2D eigenvalue weighted by Crippen LogP contribution is 2.33. The third-order valence-electron chi connectivity index (χ3n) is 3.99. The van der Waals surface area contributed by atoms with Gasteiger partial charge in [0.1, 0.15) is 17.8 Å². The fraction of sp³-hybridized carbons (Fsp3) is 0.412. The maximum atomic E-state index is 6.16. The molecule has 0 atom stereocenters. The van der Waals surface area contributed by atoms with Gasteiger partial charge in [-0.05, 0) is 36.1 Å². The highest BCUT2D eigenvalue weighted by molar-refractivity contribution is 6.32. The molecule has 0 spiro atoms. The molecule has 3 rings (SSSR count). The van der Waals surface area contributed by atoms with Gasteiger partial charge in [-0.1, -0.05) is 24.6 Å². The number of benzene rings is 1. The van der Waals surface area contributed by atoms with E-state index in [1.54, 1.807) is 0 Å². The van der Waals surface area contributed by atoms with Crippen LogP contribution in [0, 0.1) is 0 Å². The Kier molecular flexibility index (Phi) is 4.86. The van der Waals surface area contributed by atoms with Crippen molar-refractivity contribution >= 4 is 23.1 Å². The number of aromatic nitrogens is 2. The van der Waals surface area contributed by atoms with E-state index < -0.39 is 0 Å². The SMILES string of the molecule is CCCOc1ccc2c(c1)CCN(c1ncnc(Cl)c1NC)C2. The Labute approximate surface area is 141 Å². The molecule has 1 aliphatic heterocycles. The first kappa shape index (κ1) is 15.9. The summed E-state index contributed by atoms with van der Waals surface area (Å²) in [4.78, 5) is 10.7. The zero-order valence-electron chi connectivity index (χ0n) is 13.5. The molecule has 0 amide bonds. The first-order chi connectivity index (χ1) is 11.2. The molecule has 0 unspecified atom stereocenters. The van der Waals surface area contributed by atoms with Crippen LogP contribution in [0.25, 0.3) is 0 Å². The largest absolute Gasteiger partial charge is 0.494 e. The van der Waals surface area contributed by atoms with Crippen LogP contribution in [-0.4, -0.2) is 30.2 Å². The molecule has 122 valence electrons. The molecule has 1 aliphatic rings. The van der Waals surface area contributed by atoms with Gasteiger partial charge < -0.3 is 15.0 Å². The second kappa shape index (κ2) is 7.04. The number of hydrogen-bond donors (Lipinski definition) is 1. The summed E-state index contributed by atoms with van der Waals surface area (Å²) in [5, 5.41) is 3.55. The molecule has 1 N–H and O–H groups in total. The smallest absolute Gasteiger partial charge is 0.157 e. The van der Waals surface area contributed by atoms with Crippen LogP contribution in [-0.2, 0) is 13.0 Å².